The molecule has 3 aromatic carbocycles. The number of anilines is 1. The fourth-order valence-electron chi connectivity index (χ4n) is 3.61. The SMILES string of the molecule is COc1ccccc1N1C(=O)C(=O)/C(=C(\O)c2ccccc2)C1c1ccccc1. The highest BCUT2D eigenvalue weighted by atomic mass is 16.5. The average molecular weight is 385 g/mol. The van der Waals surface area contributed by atoms with E-state index in [2.05, 4.69) is 0 Å². The minimum Gasteiger partial charge on any atom is -0.507 e. The van der Waals surface area contributed by atoms with Crippen molar-refractivity contribution in [3.63, 3.8) is 0 Å². The van der Waals surface area contributed by atoms with Crippen molar-refractivity contribution < 1.29 is 19.4 Å². The molecular weight excluding hydrogens is 366 g/mol. The molecule has 0 aromatic heterocycles. The van der Waals surface area contributed by atoms with Gasteiger partial charge in [-0.3, -0.25) is 14.5 Å². The first-order valence-electron chi connectivity index (χ1n) is 9.18. The van der Waals surface area contributed by atoms with E-state index in [-0.39, 0.29) is 11.3 Å². The second-order valence-electron chi connectivity index (χ2n) is 6.62. The third kappa shape index (κ3) is 3.17. The number of ether oxygens (including phenoxy) is 1. The molecule has 0 spiro atoms. The Kier molecular flexibility index (Phi) is 4.87. The lowest BCUT2D eigenvalue weighted by molar-refractivity contribution is -0.132. The largest absolute Gasteiger partial charge is 0.507 e. The fraction of sp³-hybridized carbons (Fsp3) is 0.0833. The van der Waals surface area contributed by atoms with Crippen LogP contribution in [0.5, 0.6) is 5.75 Å². The van der Waals surface area contributed by atoms with Crippen molar-refractivity contribution >= 4 is 23.1 Å². The molecule has 1 unspecified atom stereocenters. The van der Waals surface area contributed by atoms with Crippen LogP contribution < -0.4 is 9.64 Å². The monoisotopic (exact) mass is 385 g/mol. The number of aliphatic hydroxyl groups is 1. The molecule has 1 saturated heterocycles. The highest BCUT2D eigenvalue weighted by Gasteiger charge is 2.47. The van der Waals surface area contributed by atoms with Gasteiger partial charge in [0.1, 0.15) is 11.5 Å². The molecule has 1 aliphatic heterocycles. The molecule has 1 fully saturated rings. The standard InChI is InChI=1S/C24H19NO4/c1-29-19-15-9-8-14-18(19)25-21(16-10-4-2-5-11-16)20(23(27)24(25)28)22(26)17-12-6-3-7-13-17/h2-15,21,26H,1H3/b22-20-. The van der Waals surface area contributed by atoms with Crippen LogP contribution >= 0.6 is 0 Å². The van der Waals surface area contributed by atoms with Crippen molar-refractivity contribution in [2.45, 2.75) is 6.04 Å². The van der Waals surface area contributed by atoms with E-state index >= 15 is 0 Å². The number of nitrogens with zero attached hydrogens (tertiary/aromatic N) is 1. The lowest BCUT2D eigenvalue weighted by atomic mass is 9.95. The molecule has 4 rings (SSSR count). The van der Waals surface area contributed by atoms with E-state index in [1.165, 1.54) is 12.0 Å². The molecule has 1 aliphatic rings. The fourth-order valence-corrected chi connectivity index (χ4v) is 3.61. The van der Waals surface area contributed by atoms with Gasteiger partial charge in [0, 0.05) is 5.56 Å². The number of hydrogen-bond acceptors (Lipinski definition) is 4. The smallest absolute Gasteiger partial charge is 0.300 e. The van der Waals surface area contributed by atoms with Gasteiger partial charge in [-0.1, -0.05) is 72.8 Å². The number of Topliss-reactive ketones (excluding diaryl/α,β-unsaturated/α-hetero) is 1. The zero-order valence-corrected chi connectivity index (χ0v) is 15.8. The molecule has 0 bridgehead atoms. The first kappa shape index (κ1) is 18.5. The van der Waals surface area contributed by atoms with Crippen molar-refractivity contribution in [2.75, 3.05) is 12.0 Å². The predicted molar refractivity (Wildman–Crippen MR) is 111 cm³/mol. The number of benzene rings is 3. The molecule has 5 nitrogen and oxygen atoms in total. The van der Waals surface area contributed by atoms with Crippen LogP contribution in [0.2, 0.25) is 0 Å². The van der Waals surface area contributed by atoms with E-state index in [4.69, 9.17) is 4.74 Å². The number of hydrogen-bond donors (Lipinski definition) is 1. The van der Waals surface area contributed by atoms with Crippen LogP contribution in [0.25, 0.3) is 5.76 Å². The van der Waals surface area contributed by atoms with E-state index in [9.17, 15) is 14.7 Å². The molecule has 1 heterocycles. The van der Waals surface area contributed by atoms with E-state index in [1.807, 2.05) is 36.4 Å². The molecule has 1 amide bonds. The first-order valence-corrected chi connectivity index (χ1v) is 9.18. The summed E-state index contributed by atoms with van der Waals surface area (Å²) in [7, 11) is 1.51. The van der Waals surface area contributed by atoms with Crippen LogP contribution in [0.4, 0.5) is 5.69 Å². The Morgan fingerprint density at radius 3 is 2.10 bits per heavy atom. The van der Waals surface area contributed by atoms with Gasteiger partial charge in [-0.05, 0) is 17.7 Å². The zero-order chi connectivity index (χ0) is 20.4. The Bertz CT molecular complexity index is 1090. The number of amides is 1. The number of carbonyl (C=O) groups excluding carboxylic acids is 2. The number of methoxy groups -OCH3 is 1. The summed E-state index contributed by atoms with van der Waals surface area (Å²) in [5.41, 5.74) is 1.72. The molecule has 0 saturated carbocycles. The third-order valence-corrected chi connectivity index (χ3v) is 4.95. The maximum Gasteiger partial charge on any atom is 0.300 e. The molecule has 5 heteroatoms. The minimum atomic E-state index is -0.771. The summed E-state index contributed by atoms with van der Waals surface area (Å²) in [6.07, 6.45) is 0. The van der Waals surface area contributed by atoms with E-state index in [1.54, 1.807) is 48.5 Å². The summed E-state index contributed by atoms with van der Waals surface area (Å²) < 4.78 is 5.42. The Hall–Kier alpha value is -3.86. The van der Waals surface area contributed by atoms with Crippen LogP contribution in [0.3, 0.4) is 0 Å². The first-order chi connectivity index (χ1) is 14.1. The van der Waals surface area contributed by atoms with Gasteiger partial charge in [0.15, 0.2) is 0 Å². The van der Waals surface area contributed by atoms with Gasteiger partial charge < -0.3 is 9.84 Å². The Morgan fingerprint density at radius 2 is 1.45 bits per heavy atom. The van der Waals surface area contributed by atoms with Gasteiger partial charge in [-0.2, -0.15) is 0 Å². The van der Waals surface area contributed by atoms with Crippen molar-refractivity contribution in [3.8, 4) is 5.75 Å². The zero-order valence-electron chi connectivity index (χ0n) is 15.8. The van der Waals surface area contributed by atoms with Gasteiger partial charge in [-0.25, -0.2) is 0 Å². The van der Waals surface area contributed by atoms with Crippen molar-refractivity contribution in [3.05, 3.63) is 102 Å². The predicted octanol–water partition coefficient (Wildman–Crippen LogP) is 4.32. The van der Waals surface area contributed by atoms with Gasteiger partial charge in [-0.15, -0.1) is 0 Å². The number of ketones is 1. The summed E-state index contributed by atoms with van der Waals surface area (Å²) >= 11 is 0. The third-order valence-electron chi connectivity index (χ3n) is 4.95. The normalized spacial score (nSPS) is 18.1. The molecule has 0 aliphatic carbocycles. The van der Waals surface area contributed by atoms with Crippen molar-refractivity contribution in [1.82, 2.24) is 0 Å². The van der Waals surface area contributed by atoms with E-state index in [0.717, 1.165) is 5.56 Å². The van der Waals surface area contributed by atoms with Crippen LogP contribution in [-0.2, 0) is 9.59 Å². The van der Waals surface area contributed by atoms with Crippen molar-refractivity contribution in [1.29, 1.82) is 0 Å². The number of para-hydroxylation sites is 2. The van der Waals surface area contributed by atoms with Gasteiger partial charge in [0.2, 0.25) is 0 Å². The molecule has 3 aromatic rings. The van der Waals surface area contributed by atoms with Gasteiger partial charge >= 0.3 is 0 Å². The lowest BCUT2D eigenvalue weighted by Crippen LogP contribution is -2.29. The Morgan fingerprint density at radius 1 is 0.862 bits per heavy atom. The van der Waals surface area contributed by atoms with E-state index in [0.29, 0.717) is 17.0 Å². The maximum absolute atomic E-state index is 13.1. The highest BCUT2D eigenvalue weighted by Crippen LogP contribution is 2.44. The van der Waals surface area contributed by atoms with E-state index < -0.39 is 17.7 Å². The molecule has 1 N–H and O–H groups in total. The summed E-state index contributed by atoms with van der Waals surface area (Å²) in [6, 6.07) is 24.2. The van der Waals surface area contributed by atoms with Crippen LogP contribution in [0, 0.1) is 0 Å². The molecule has 144 valence electrons. The number of carbonyl (C=O) groups is 2. The van der Waals surface area contributed by atoms with Crippen LogP contribution in [0.15, 0.2) is 90.5 Å². The average Bonchev–Trinajstić information content (AvgIpc) is 3.05. The molecule has 0 radical (unpaired) electrons. The summed E-state index contributed by atoms with van der Waals surface area (Å²) in [6.45, 7) is 0. The highest BCUT2D eigenvalue weighted by molar-refractivity contribution is 6.51. The van der Waals surface area contributed by atoms with Crippen LogP contribution in [0.1, 0.15) is 17.2 Å². The minimum absolute atomic E-state index is 0.0540. The topological polar surface area (TPSA) is 66.8 Å². The Balaban J connectivity index is 1.97. The van der Waals surface area contributed by atoms with Gasteiger partial charge in [0.25, 0.3) is 11.7 Å². The van der Waals surface area contributed by atoms with Crippen molar-refractivity contribution in [2.24, 2.45) is 0 Å². The molecule has 1 atom stereocenters. The number of aliphatic hydroxyl groups excluding tert-OH is 1. The lowest BCUT2D eigenvalue weighted by Gasteiger charge is -2.26. The summed E-state index contributed by atoms with van der Waals surface area (Å²) in [5.74, 6) is -1.17. The molecular formula is C24H19NO4. The Labute approximate surface area is 168 Å². The second-order valence-corrected chi connectivity index (χ2v) is 6.62. The second kappa shape index (κ2) is 7.64. The maximum atomic E-state index is 13.1. The van der Waals surface area contributed by atoms with Gasteiger partial charge in [0.05, 0.1) is 24.4 Å². The van der Waals surface area contributed by atoms with Crippen LogP contribution in [-0.4, -0.2) is 23.9 Å². The number of rotatable bonds is 4. The summed E-state index contributed by atoms with van der Waals surface area (Å²) in [4.78, 5) is 27.5. The summed E-state index contributed by atoms with van der Waals surface area (Å²) in [5, 5.41) is 11.0. The molecule has 29 heavy (non-hydrogen) atoms. The quantitative estimate of drug-likeness (QED) is 0.413.